The van der Waals surface area contributed by atoms with Crippen LogP contribution >= 0.6 is 0 Å². The highest BCUT2D eigenvalue weighted by Gasteiger charge is 2.49. The second-order valence-electron chi connectivity index (χ2n) is 4.15. The van der Waals surface area contributed by atoms with E-state index in [4.69, 9.17) is 9.84 Å². The van der Waals surface area contributed by atoms with E-state index in [1.807, 2.05) is 0 Å². The van der Waals surface area contributed by atoms with Gasteiger partial charge in [-0.25, -0.2) is 0 Å². The third-order valence-electron chi connectivity index (χ3n) is 3.01. The molecule has 4 heteroatoms. The fourth-order valence-electron chi connectivity index (χ4n) is 1.66. The maximum absolute atomic E-state index is 10.9. The molecule has 4 nitrogen and oxygen atoms in total. The van der Waals surface area contributed by atoms with Crippen molar-refractivity contribution < 1.29 is 19.7 Å². The van der Waals surface area contributed by atoms with Crippen molar-refractivity contribution in [3.05, 3.63) is 24.3 Å². The third kappa shape index (κ3) is 2.10. The molecule has 0 aliphatic heterocycles. The van der Waals surface area contributed by atoms with Gasteiger partial charge < -0.3 is 14.9 Å². The topological polar surface area (TPSA) is 66.8 Å². The lowest BCUT2D eigenvalue weighted by Crippen LogP contribution is -2.17. The molecular weight excluding hydrogens is 208 g/mol. The van der Waals surface area contributed by atoms with Gasteiger partial charge in [-0.05, 0) is 31.4 Å². The number of carboxylic acids is 1. The van der Waals surface area contributed by atoms with Crippen LogP contribution in [0.3, 0.4) is 0 Å². The first kappa shape index (κ1) is 10.8. The predicted molar refractivity (Wildman–Crippen MR) is 57.5 cm³/mol. The summed E-state index contributed by atoms with van der Waals surface area (Å²) in [6.07, 6.45) is 1.95. The average Bonchev–Trinajstić information content (AvgIpc) is 3.02. The first-order chi connectivity index (χ1) is 7.64. The molecule has 0 unspecified atom stereocenters. The van der Waals surface area contributed by atoms with Crippen LogP contribution in [0, 0.1) is 5.41 Å². The molecule has 1 aromatic rings. The van der Waals surface area contributed by atoms with E-state index in [0.717, 1.165) is 12.8 Å². The number of phenolic OH excluding ortho intramolecular Hbond substituents is 1. The molecular formula is C12H14O4. The molecule has 2 N–H and O–H groups in total. The monoisotopic (exact) mass is 222 g/mol. The lowest BCUT2D eigenvalue weighted by atomic mass is 10.0. The first-order valence-corrected chi connectivity index (χ1v) is 5.28. The van der Waals surface area contributed by atoms with Gasteiger partial charge in [-0.2, -0.15) is 0 Å². The summed E-state index contributed by atoms with van der Waals surface area (Å²) >= 11 is 0. The van der Waals surface area contributed by atoms with Gasteiger partial charge >= 0.3 is 5.97 Å². The number of benzene rings is 1. The minimum atomic E-state index is -0.742. The molecule has 16 heavy (non-hydrogen) atoms. The smallest absolute Gasteiger partial charge is 0.309 e. The second kappa shape index (κ2) is 4.04. The Morgan fingerprint density at radius 2 is 2.06 bits per heavy atom. The Labute approximate surface area is 93.5 Å². The molecule has 0 bridgehead atoms. The van der Waals surface area contributed by atoms with Crippen molar-refractivity contribution in [2.75, 3.05) is 6.61 Å². The summed E-state index contributed by atoms with van der Waals surface area (Å²) in [7, 11) is 0. The lowest BCUT2D eigenvalue weighted by Gasteiger charge is -2.11. The SMILES string of the molecule is O=C(O)C1(CCOc2ccccc2O)CC1. The summed E-state index contributed by atoms with van der Waals surface area (Å²) in [5.74, 6) is -0.250. The highest BCUT2D eigenvalue weighted by atomic mass is 16.5. The summed E-state index contributed by atoms with van der Waals surface area (Å²) in [5, 5.41) is 18.4. The Hall–Kier alpha value is -1.71. The van der Waals surface area contributed by atoms with E-state index in [9.17, 15) is 9.90 Å². The molecule has 2 rings (SSSR count). The molecule has 86 valence electrons. The maximum Gasteiger partial charge on any atom is 0.309 e. The van der Waals surface area contributed by atoms with E-state index in [-0.39, 0.29) is 5.75 Å². The van der Waals surface area contributed by atoms with Crippen molar-refractivity contribution in [3.8, 4) is 11.5 Å². The Morgan fingerprint density at radius 3 is 2.62 bits per heavy atom. The number of para-hydroxylation sites is 2. The van der Waals surface area contributed by atoms with E-state index in [2.05, 4.69) is 0 Å². The number of carboxylic acid groups (broad SMARTS) is 1. The van der Waals surface area contributed by atoms with E-state index < -0.39 is 11.4 Å². The van der Waals surface area contributed by atoms with Gasteiger partial charge in [0, 0.05) is 0 Å². The molecule has 1 fully saturated rings. The molecule has 0 radical (unpaired) electrons. The molecule has 0 spiro atoms. The van der Waals surface area contributed by atoms with Crippen LogP contribution in [0.1, 0.15) is 19.3 Å². The van der Waals surface area contributed by atoms with E-state index in [0.29, 0.717) is 18.8 Å². The number of ether oxygens (including phenoxy) is 1. The van der Waals surface area contributed by atoms with Crippen molar-refractivity contribution in [1.29, 1.82) is 0 Å². The van der Waals surface area contributed by atoms with E-state index in [1.165, 1.54) is 0 Å². The molecule has 1 aliphatic rings. The predicted octanol–water partition coefficient (Wildman–Crippen LogP) is 2.03. The highest BCUT2D eigenvalue weighted by Crippen LogP contribution is 2.49. The second-order valence-corrected chi connectivity index (χ2v) is 4.15. The number of rotatable bonds is 5. The van der Waals surface area contributed by atoms with Crippen molar-refractivity contribution in [2.24, 2.45) is 5.41 Å². The molecule has 0 aromatic heterocycles. The van der Waals surface area contributed by atoms with Crippen LogP contribution in [0.15, 0.2) is 24.3 Å². The van der Waals surface area contributed by atoms with Gasteiger partial charge in [0.1, 0.15) is 0 Å². The molecule has 0 saturated heterocycles. The minimum Gasteiger partial charge on any atom is -0.504 e. The quantitative estimate of drug-likeness (QED) is 0.799. The van der Waals surface area contributed by atoms with Crippen molar-refractivity contribution >= 4 is 5.97 Å². The third-order valence-corrected chi connectivity index (χ3v) is 3.01. The van der Waals surface area contributed by atoms with Crippen LogP contribution in [0.5, 0.6) is 11.5 Å². The van der Waals surface area contributed by atoms with Crippen LogP contribution < -0.4 is 4.74 Å². The number of aromatic hydroxyl groups is 1. The molecule has 0 amide bonds. The van der Waals surface area contributed by atoms with Crippen LogP contribution in [-0.4, -0.2) is 22.8 Å². The van der Waals surface area contributed by atoms with Gasteiger partial charge in [-0.1, -0.05) is 12.1 Å². The van der Waals surface area contributed by atoms with Gasteiger partial charge in [0.15, 0.2) is 11.5 Å². The average molecular weight is 222 g/mol. The fraction of sp³-hybridized carbons (Fsp3) is 0.417. The molecule has 0 heterocycles. The molecule has 0 atom stereocenters. The zero-order valence-corrected chi connectivity index (χ0v) is 8.85. The van der Waals surface area contributed by atoms with Crippen LogP contribution in [0.25, 0.3) is 0 Å². The number of hydrogen-bond acceptors (Lipinski definition) is 3. The number of aliphatic carboxylic acids is 1. The van der Waals surface area contributed by atoms with Crippen molar-refractivity contribution in [3.63, 3.8) is 0 Å². The Balaban J connectivity index is 1.85. The Bertz CT molecular complexity index is 396. The first-order valence-electron chi connectivity index (χ1n) is 5.28. The van der Waals surface area contributed by atoms with Crippen LogP contribution in [-0.2, 0) is 4.79 Å². The van der Waals surface area contributed by atoms with Crippen molar-refractivity contribution in [2.45, 2.75) is 19.3 Å². The largest absolute Gasteiger partial charge is 0.504 e. The summed E-state index contributed by atoms with van der Waals surface area (Å²) in [6, 6.07) is 6.68. The Kier molecular flexibility index (Phi) is 2.73. The van der Waals surface area contributed by atoms with Crippen LogP contribution in [0.2, 0.25) is 0 Å². The molecule has 1 aromatic carbocycles. The normalized spacial score (nSPS) is 16.8. The van der Waals surface area contributed by atoms with Crippen molar-refractivity contribution in [1.82, 2.24) is 0 Å². The number of carbonyl (C=O) groups is 1. The zero-order valence-electron chi connectivity index (χ0n) is 8.85. The van der Waals surface area contributed by atoms with Gasteiger partial charge in [0.2, 0.25) is 0 Å². The zero-order chi connectivity index (χ0) is 11.6. The fourth-order valence-corrected chi connectivity index (χ4v) is 1.66. The highest BCUT2D eigenvalue weighted by molar-refractivity contribution is 5.77. The summed E-state index contributed by atoms with van der Waals surface area (Å²) < 4.78 is 5.35. The summed E-state index contributed by atoms with van der Waals surface area (Å²) in [4.78, 5) is 10.9. The lowest BCUT2D eigenvalue weighted by molar-refractivity contribution is -0.143. The Morgan fingerprint density at radius 1 is 1.38 bits per heavy atom. The number of phenols is 1. The van der Waals surface area contributed by atoms with E-state index >= 15 is 0 Å². The minimum absolute atomic E-state index is 0.0858. The molecule has 1 aliphatic carbocycles. The van der Waals surface area contributed by atoms with Gasteiger partial charge in [-0.3, -0.25) is 4.79 Å². The van der Waals surface area contributed by atoms with Gasteiger partial charge in [-0.15, -0.1) is 0 Å². The standard InChI is InChI=1S/C12H14O4/c13-9-3-1-2-4-10(9)16-8-7-12(5-6-12)11(14)15/h1-4,13H,5-8H2,(H,14,15). The number of hydrogen-bond donors (Lipinski definition) is 2. The van der Waals surface area contributed by atoms with Crippen LogP contribution in [0.4, 0.5) is 0 Å². The summed E-state index contributed by atoms with van der Waals surface area (Å²) in [6.45, 7) is 0.323. The van der Waals surface area contributed by atoms with Gasteiger partial charge in [0.25, 0.3) is 0 Å². The maximum atomic E-state index is 10.9. The summed E-state index contributed by atoms with van der Waals surface area (Å²) in [5.41, 5.74) is -0.565. The van der Waals surface area contributed by atoms with E-state index in [1.54, 1.807) is 24.3 Å². The van der Waals surface area contributed by atoms with Gasteiger partial charge in [0.05, 0.1) is 12.0 Å². The molecule has 1 saturated carbocycles.